The predicted molar refractivity (Wildman–Crippen MR) is 46.7 cm³/mol. The Balaban J connectivity index is 2.77. The summed E-state index contributed by atoms with van der Waals surface area (Å²) in [6.45, 7) is 2.11. The van der Waals surface area contributed by atoms with Crippen LogP contribution in [0.15, 0.2) is 18.3 Å². The van der Waals surface area contributed by atoms with E-state index in [1.807, 2.05) is 18.3 Å². The molecule has 0 radical (unpaired) electrons. The number of nitrogens with zero attached hydrogens (tertiary/aromatic N) is 1. The van der Waals surface area contributed by atoms with E-state index in [4.69, 9.17) is 4.74 Å². The molecule has 0 aromatic carbocycles. The molecule has 0 aliphatic carbocycles. The molecule has 1 unspecified atom stereocenters. The molecule has 1 aromatic rings. The molecule has 1 aromatic heterocycles. The molecule has 1 rings (SSSR count). The fourth-order valence-corrected chi connectivity index (χ4v) is 0.990. The summed E-state index contributed by atoms with van der Waals surface area (Å²) in [5.74, 6) is 0.655. The normalized spacial score (nSPS) is 12.6. The van der Waals surface area contributed by atoms with Gasteiger partial charge in [0.1, 0.15) is 6.04 Å². The number of methoxy groups -OCH3 is 1. The predicted octanol–water partition coefficient (Wildman–Crippen LogP) is 0.783. The van der Waals surface area contributed by atoms with E-state index in [-0.39, 0.29) is 0 Å². The summed E-state index contributed by atoms with van der Waals surface area (Å²) < 4.78 is 4.95. The van der Waals surface area contributed by atoms with E-state index in [2.05, 4.69) is 17.6 Å². The minimum Gasteiger partial charge on any atom is -0.481 e. The molecular formula is C9H15N2O+. The third kappa shape index (κ3) is 1.95. The molecule has 0 fully saturated rings. The summed E-state index contributed by atoms with van der Waals surface area (Å²) in [7, 11) is 1.61. The van der Waals surface area contributed by atoms with Crippen LogP contribution in [0.2, 0.25) is 0 Å². The average molecular weight is 167 g/mol. The molecular weight excluding hydrogens is 152 g/mol. The van der Waals surface area contributed by atoms with Gasteiger partial charge in [-0.05, 0) is 6.07 Å². The Hall–Kier alpha value is -1.09. The lowest BCUT2D eigenvalue weighted by Crippen LogP contribution is -2.53. The third-order valence-corrected chi connectivity index (χ3v) is 1.93. The van der Waals surface area contributed by atoms with Crippen LogP contribution in [-0.4, -0.2) is 12.1 Å². The Morgan fingerprint density at radius 1 is 1.58 bits per heavy atom. The summed E-state index contributed by atoms with van der Waals surface area (Å²) in [5, 5.41) is 0. The van der Waals surface area contributed by atoms with Gasteiger partial charge in [0.05, 0.1) is 7.11 Å². The van der Waals surface area contributed by atoms with Crippen LogP contribution in [0.4, 0.5) is 0 Å². The number of aromatic nitrogens is 1. The van der Waals surface area contributed by atoms with Crippen LogP contribution in [0.5, 0.6) is 5.88 Å². The molecule has 3 N–H and O–H groups in total. The summed E-state index contributed by atoms with van der Waals surface area (Å²) in [6, 6.07) is 4.21. The highest BCUT2D eigenvalue weighted by Gasteiger charge is 2.06. The molecule has 0 spiro atoms. The number of quaternary nitrogens is 1. The molecule has 0 bridgehead atoms. The van der Waals surface area contributed by atoms with Gasteiger partial charge >= 0.3 is 0 Å². The Bertz CT molecular complexity index is 233. The minimum absolute atomic E-state index is 0.336. The van der Waals surface area contributed by atoms with Crippen molar-refractivity contribution in [1.29, 1.82) is 0 Å². The van der Waals surface area contributed by atoms with Gasteiger partial charge < -0.3 is 10.5 Å². The second kappa shape index (κ2) is 4.07. The number of hydrogen-bond acceptors (Lipinski definition) is 2. The van der Waals surface area contributed by atoms with E-state index < -0.39 is 0 Å². The van der Waals surface area contributed by atoms with Crippen molar-refractivity contribution in [2.24, 2.45) is 0 Å². The van der Waals surface area contributed by atoms with Crippen molar-refractivity contribution in [3.63, 3.8) is 0 Å². The molecule has 0 amide bonds. The lowest BCUT2D eigenvalue weighted by atomic mass is 10.1. The molecule has 3 heteroatoms. The zero-order valence-electron chi connectivity index (χ0n) is 7.58. The smallest absolute Gasteiger partial charge is 0.212 e. The summed E-state index contributed by atoms with van der Waals surface area (Å²) in [6.07, 6.45) is 2.86. The van der Waals surface area contributed by atoms with Gasteiger partial charge in [-0.3, -0.25) is 0 Å². The number of rotatable bonds is 3. The van der Waals surface area contributed by atoms with Crippen LogP contribution >= 0.6 is 0 Å². The van der Waals surface area contributed by atoms with E-state index in [1.165, 1.54) is 5.56 Å². The third-order valence-electron chi connectivity index (χ3n) is 1.93. The zero-order valence-corrected chi connectivity index (χ0v) is 7.58. The van der Waals surface area contributed by atoms with E-state index in [0.717, 1.165) is 6.42 Å². The summed E-state index contributed by atoms with van der Waals surface area (Å²) >= 11 is 0. The van der Waals surface area contributed by atoms with Crippen LogP contribution in [0.3, 0.4) is 0 Å². The fraction of sp³-hybridized carbons (Fsp3) is 0.444. The first-order valence-corrected chi connectivity index (χ1v) is 4.11. The van der Waals surface area contributed by atoms with E-state index in [0.29, 0.717) is 11.9 Å². The van der Waals surface area contributed by atoms with Gasteiger partial charge in [0, 0.05) is 24.2 Å². The Labute approximate surface area is 72.6 Å². The van der Waals surface area contributed by atoms with Crippen LogP contribution in [0, 0.1) is 0 Å². The van der Waals surface area contributed by atoms with Crippen LogP contribution in [-0.2, 0) is 0 Å². The van der Waals surface area contributed by atoms with E-state index in [1.54, 1.807) is 7.11 Å². The standard InChI is InChI=1S/C9H14N2O/c1-3-8(10)7-4-5-9(12-2)11-6-7/h4-6,8H,3,10H2,1-2H3/p+1. The molecule has 66 valence electrons. The Kier molecular flexibility index (Phi) is 3.05. The first-order chi connectivity index (χ1) is 5.77. The van der Waals surface area contributed by atoms with Gasteiger partial charge in [-0.25, -0.2) is 4.98 Å². The second-order valence-electron chi connectivity index (χ2n) is 2.74. The van der Waals surface area contributed by atoms with Crippen molar-refractivity contribution in [2.75, 3.05) is 7.11 Å². The van der Waals surface area contributed by atoms with Crippen molar-refractivity contribution >= 4 is 0 Å². The fourth-order valence-electron chi connectivity index (χ4n) is 0.990. The molecule has 1 heterocycles. The number of hydrogen-bond donors (Lipinski definition) is 1. The highest BCUT2D eigenvalue weighted by Crippen LogP contribution is 2.13. The Morgan fingerprint density at radius 3 is 2.75 bits per heavy atom. The van der Waals surface area contributed by atoms with Gasteiger partial charge in [0.2, 0.25) is 5.88 Å². The topological polar surface area (TPSA) is 49.8 Å². The SMILES string of the molecule is CCC([NH3+])c1ccc(OC)nc1. The Morgan fingerprint density at radius 2 is 2.33 bits per heavy atom. The van der Waals surface area contributed by atoms with E-state index in [9.17, 15) is 0 Å². The van der Waals surface area contributed by atoms with Gasteiger partial charge in [-0.15, -0.1) is 0 Å². The van der Waals surface area contributed by atoms with Crippen LogP contribution in [0.25, 0.3) is 0 Å². The highest BCUT2D eigenvalue weighted by atomic mass is 16.5. The minimum atomic E-state index is 0.336. The van der Waals surface area contributed by atoms with Crippen molar-refractivity contribution in [3.05, 3.63) is 23.9 Å². The van der Waals surface area contributed by atoms with Crippen molar-refractivity contribution < 1.29 is 10.5 Å². The quantitative estimate of drug-likeness (QED) is 0.723. The summed E-state index contributed by atoms with van der Waals surface area (Å²) in [4.78, 5) is 4.10. The molecule has 0 aliphatic heterocycles. The molecule has 1 atom stereocenters. The van der Waals surface area contributed by atoms with Gasteiger partial charge in [-0.2, -0.15) is 0 Å². The first kappa shape index (κ1) is 9.00. The first-order valence-electron chi connectivity index (χ1n) is 4.11. The maximum atomic E-state index is 4.95. The number of ether oxygens (including phenoxy) is 1. The zero-order chi connectivity index (χ0) is 8.97. The van der Waals surface area contributed by atoms with Crippen LogP contribution in [0.1, 0.15) is 24.9 Å². The molecule has 0 saturated carbocycles. The lowest BCUT2D eigenvalue weighted by molar-refractivity contribution is -0.427. The van der Waals surface area contributed by atoms with E-state index >= 15 is 0 Å². The van der Waals surface area contributed by atoms with Crippen LogP contribution < -0.4 is 10.5 Å². The van der Waals surface area contributed by atoms with Gasteiger partial charge in [0.25, 0.3) is 0 Å². The lowest BCUT2D eigenvalue weighted by Gasteiger charge is -2.05. The molecule has 3 nitrogen and oxygen atoms in total. The van der Waals surface area contributed by atoms with Gasteiger partial charge in [0.15, 0.2) is 0 Å². The van der Waals surface area contributed by atoms with Crippen molar-refractivity contribution in [3.8, 4) is 5.88 Å². The monoisotopic (exact) mass is 167 g/mol. The average Bonchev–Trinajstić information content (AvgIpc) is 2.17. The van der Waals surface area contributed by atoms with Gasteiger partial charge in [-0.1, -0.05) is 6.92 Å². The largest absolute Gasteiger partial charge is 0.481 e. The van der Waals surface area contributed by atoms with Crippen molar-refractivity contribution in [2.45, 2.75) is 19.4 Å². The maximum absolute atomic E-state index is 4.95. The second-order valence-corrected chi connectivity index (χ2v) is 2.74. The molecule has 0 saturated heterocycles. The molecule has 12 heavy (non-hydrogen) atoms. The number of pyridine rings is 1. The highest BCUT2D eigenvalue weighted by molar-refractivity contribution is 5.19. The summed E-state index contributed by atoms with van der Waals surface area (Å²) in [5.41, 5.74) is 5.17. The maximum Gasteiger partial charge on any atom is 0.212 e. The van der Waals surface area contributed by atoms with Crippen molar-refractivity contribution in [1.82, 2.24) is 4.98 Å². The molecule has 0 aliphatic rings.